The van der Waals surface area contributed by atoms with Gasteiger partial charge in [-0.15, -0.1) is 10.2 Å². The summed E-state index contributed by atoms with van der Waals surface area (Å²) in [5.41, 5.74) is 2.33. The van der Waals surface area contributed by atoms with E-state index in [0.717, 1.165) is 34.1 Å². The first-order valence-corrected chi connectivity index (χ1v) is 10.4. The number of pyridine rings is 1. The Labute approximate surface area is 171 Å². The number of ether oxygens (including phenoxy) is 1. The second-order valence-corrected chi connectivity index (χ2v) is 9.13. The molecule has 3 aromatic rings. The standard InChI is InChI=1S/C20H21FN6OS/c1-10-4-5-14(22-8-10)13-6-20(13)7-15(20)28-19-17(21)18(24-11(2)25-19)23-9-16-27-26-12(3)29-16/h4-5,8,13,15H,6-7,9H2,1-3H3,(H,23,24,25)/t13?,15-,20?/m1/s1. The number of hydrogen-bond acceptors (Lipinski definition) is 8. The van der Waals surface area contributed by atoms with E-state index >= 15 is 0 Å². The lowest BCUT2D eigenvalue weighted by Gasteiger charge is -2.11. The van der Waals surface area contributed by atoms with Gasteiger partial charge in [0.15, 0.2) is 5.82 Å². The molecule has 1 spiro atoms. The number of halogens is 1. The highest BCUT2D eigenvalue weighted by atomic mass is 32.1. The van der Waals surface area contributed by atoms with Gasteiger partial charge >= 0.3 is 0 Å². The van der Waals surface area contributed by atoms with Crippen LogP contribution in [0.3, 0.4) is 0 Å². The maximum Gasteiger partial charge on any atom is 0.256 e. The monoisotopic (exact) mass is 412 g/mol. The highest BCUT2D eigenvalue weighted by Gasteiger charge is 2.73. The van der Waals surface area contributed by atoms with Crippen molar-refractivity contribution in [2.75, 3.05) is 5.32 Å². The van der Waals surface area contributed by atoms with Crippen molar-refractivity contribution in [3.63, 3.8) is 0 Å². The minimum Gasteiger partial charge on any atom is -0.471 e. The largest absolute Gasteiger partial charge is 0.471 e. The third-order valence-corrected chi connectivity index (χ3v) is 6.46. The van der Waals surface area contributed by atoms with Gasteiger partial charge in [-0.05, 0) is 45.2 Å². The van der Waals surface area contributed by atoms with E-state index in [1.54, 1.807) is 6.92 Å². The molecule has 5 rings (SSSR count). The first-order chi connectivity index (χ1) is 13.9. The van der Waals surface area contributed by atoms with Gasteiger partial charge in [0.2, 0.25) is 5.82 Å². The van der Waals surface area contributed by atoms with E-state index in [1.165, 1.54) is 11.3 Å². The normalized spacial score (nSPS) is 24.6. The van der Waals surface area contributed by atoms with Crippen LogP contribution >= 0.6 is 11.3 Å². The summed E-state index contributed by atoms with van der Waals surface area (Å²) in [6.45, 7) is 5.99. The zero-order valence-electron chi connectivity index (χ0n) is 16.4. The molecule has 0 aliphatic heterocycles. The first kappa shape index (κ1) is 18.4. The maximum absolute atomic E-state index is 14.9. The van der Waals surface area contributed by atoms with Crippen LogP contribution in [0.1, 0.15) is 45.9 Å². The molecular weight excluding hydrogens is 391 g/mol. The predicted molar refractivity (Wildman–Crippen MR) is 106 cm³/mol. The molecule has 0 saturated heterocycles. The fourth-order valence-electron chi connectivity index (χ4n) is 3.86. The lowest BCUT2D eigenvalue weighted by molar-refractivity contribution is 0.252. The number of aromatic nitrogens is 5. The lowest BCUT2D eigenvalue weighted by Crippen LogP contribution is -2.11. The number of rotatable bonds is 6. The number of aryl methyl sites for hydroxylation is 3. The SMILES string of the molecule is Cc1ccc(C2CC23C[C@H]3Oc2nc(C)nc(NCc3nnc(C)s3)c2F)nc1. The topological polar surface area (TPSA) is 85.7 Å². The zero-order chi connectivity index (χ0) is 20.2. The molecule has 3 aromatic heterocycles. The maximum atomic E-state index is 14.9. The van der Waals surface area contributed by atoms with Crippen LogP contribution in [0, 0.1) is 32.0 Å². The number of anilines is 1. The highest BCUT2D eigenvalue weighted by Crippen LogP contribution is 2.75. The van der Waals surface area contributed by atoms with Crippen molar-refractivity contribution in [2.24, 2.45) is 5.41 Å². The molecule has 2 unspecified atom stereocenters. The van der Waals surface area contributed by atoms with Gasteiger partial charge in [0.1, 0.15) is 21.9 Å². The molecular formula is C20H21FN6OS. The Bertz CT molecular complexity index is 1070. The Kier molecular flexibility index (Phi) is 4.23. The summed E-state index contributed by atoms with van der Waals surface area (Å²) >= 11 is 1.46. The van der Waals surface area contributed by atoms with Crippen LogP contribution < -0.4 is 10.1 Å². The van der Waals surface area contributed by atoms with E-state index < -0.39 is 5.82 Å². The number of nitrogens with one attached hydrogen (secondary N) is 1. The molecule has 29 heavy (non-hydrogen) atoms. The van der Waals surface area contributed by atoms with Crippen LogP contribution in [0.15, 0.2) is 18.3 Å². The molecule has 2 aliphatic rings. The van der Waals surface area contributed by atoms with E-state index in [-0.39, 0.29) is 23.2 Å². The van der Waals surface area contributed by atoms with Crippen molar-refractivity contribution in [3.05, 3.63) is 51.2 Å². The smallest absolute Gasteiger partial charge is 0.256 e. The molecule has 7 nitrogen and oxygen atoms in total. The molecule has 150 valence electrons. The minimum atomic E-state index is -0.565. The second-order valence-electron chi connectivity index (χ2n) is 7.87. The number of nitrogens with zero attached hydrogens (tertiary/aromatic N) is 5. The van der Waals surface area contributed by atoms with E-state index in [4.69, 9.17) is 4.74 Å². The van der Waals surface area contributed by atoms with Crippen LogP contribution in [-0.2, 0) is 6.54 Å². The average molecular weight is 412 g/mol. The molecule has 1 N–H and O–H groups in total. The fourth-order valence-corrected chi connectivity index (χ4v) is 4.51. The minimum absolute atomic E-state index is 0.0119. The summed E-state index contributed by atoms with van der Waals surface area (Å²) < 4.78 is 20.9. The lowest BCUT2D eigenvalue weighted by atomic mass is 10.2. The Morgan fingerprint density at radius 3 is 2.79 bits per heavy atom. The van der Waals surface area contributed by atoms with Gasteiger partial charge in [0.05, 0.1) is 6.54 Å². The van der Waals surface area contributed by atoms with Gasteiger partial charge in [0, 0.05) is 23.2 Å². The number of hydrogen-bond donors (Lipinski definition) is 1. The van der Waals surface area contributed by atoms with Crippen molar-refractivity contribution >= 4 is 17.2 Å². The molecule has 3 heterocycles. The molecule has 0 aromatic carbocycles. The van der Waals surface area contributed by atoms with Gasteiger partial charge in [-0.1, -0.05) is 17.4 Å². The summed E-state index contributed by atoms with van der Waals surface area (Å²) in [5, 5.41) is 12.6. The van der Waals surface area contributed by atoms with E-state index in [0.29, 0.717) is 18.3 Å². The first-order valence-electron chi connectivity index (χ1n) is 9.61. The van der Waals surface area contributed by atoms with E-state index in [2.05, 4.69) is 42.6 Å². The van der Waals surface area contributed by atoms with Gasteiger partial charge in [0.25, 0.3) is 5.88 Å². The van der Waals surface area contributed by atoms with Crippen molar-refractivity contribution in [2.45, 2.75) is 52.2 Å². The van der Waals surface area contributed by atoms with Crippen molar-refractivity contribution in [3.8, 4) is 5.88 Å². The van der Waals surface area contributed by atoms with Crippen molar-refractivity contribution < 1.29 is 9.13 Å². The predicted octanol–water partition coefficient (Wildman–Crippen LogP) is 3.72. The van der Waals surface area contributed by atoms with E-state index in [1.807, 2.05) is 20.0 Å². The Balaban J connectivity index is 1.27. The van der Waals surface area contributed by atoms with Crippen LogP contribution in [0.25, 0.3) is 0 Å². The van der Waals surface area contributed by atoms with Gasteiger partial charge in [-0.25, -0.2) is 4.98 Å². The van der Waals surface area contributed by atoms with Crippen LogP contribution in [0.2, 0.25) is 0 Å². The molecule has 2 saturated carbocycles. The third kappa shape index (κ3) is 3.43. The molecule has 0 bridgehead atoms. The van der Waals surface area contributed by atoms with Crippen LogP contribution in [0.4, 0.5) is 10.2 Å². The molecule has 0 amide bonds. The van der Waals surface area contributed by atoms with Crippen molar-refractivity contribution in [1.82, 2.24) is 25.1 Å². The summed E-state index contributed by atoms with van der Waals surface area (Å²) in [7, 11) is 0. The van der Waals surface area contributed by atoms with Gasteiger partial charge in [-0.3, -0.25) is 4.98 Å². The van der Waals surface area contributed by atoms with Gasteiger partial charge < -0.3 is 10.1 Å². The zero-order valence-corrected chi connectivity index (χ0v) is 17.3. The molecule has 2 fully saturated rings. The van der Waals surface area contributed by atoms with Gasteiger partial charge in [-0.2, -0.15) is 9.37 Å². The van der Waals surface area contributed by atoms with Crippen LogP contribution in [-0.4, -0.2) is 31.3 Å². The quantitative estimate of drug-likeness (QED) is 0.660. The molecule has 9 heteroatoms. The summed E-state index contributed by atoms with van der Waals surface area (Å²) in [4.78, 5) is 12.9. The summed E-state index contributed by atoms with van der Waals surface area (Å²) in [6, 6.07) is 4.16. The Hall–Kier alpha value is -2.68. The second kappa shape index (κ2) is 6.69. The van der Waals surface area contributed by atoms with Crippen LogP contribution in [0.5, 0.6) is 5.88 Å². The fraction of sp³-hybridized carbons (Fsp3) is 0.450. The Morgan fingerprint density at radius 1 is 1.21 bits per heavy atom. The molecule has 3 atom stereocenters. The average Bonchev–Trinajstić information content (AvgIpc) is 3.54. The van der Waals surface area contributed by atoms with Crippen molar-refractivity contribution in [1.29, 1.82) is 0 Å². The molecule has 0 radical (unpaired) electrons. The summed E-state index contributed by atoms with van der Waals surface area (Å²) in [6.07, 6.45) is 3.80. The summed E-state index contributed by atoms with van der Waals surface area (Å²) in [5.74, 6) is 0.418. The Morgan fingerprint density at radius 2 is 2.07 bits per heavy atom. The molecule has 2 aliphatic carbocycles. The highest BCUT2D eigenvalue weighted by molar-refractivity contribution is 7.11. The third-order valence-electron chi connectivity index (χ3n) is 5.62. The van der Waals surface area contributed by atoms with E-state index in [9.17, 15) is 4.39 Å².